The van der Waals surface area contributed by atoms with Crippen LogP contribution in [-0.2, 0) is 9.47 Å². The fraction of sp³-hybridized carbons (Fsp3) is 0.500. The highest BCUT2D eigenvalue weighted by atomic mass is 16.5. The number of aromatic carboxylic acids is 2. The van der Waals surface area contributed by atoms with Crippen LogP contribution in [0.15, 0.2) is 24.3 Å². The van der Waals surface area contributed by atoms with Crippen LogP contribution < -0.4 is 0 Å². The Morgan fingerprint density at radius 3 is 1.00 bits per heavy atom. The summed E-state index contributed by atoms with van der Waals surface area (Å²) in [4.78, 5) is 20.7. The van der Waals surface area contributed by atoms with Crippen molar-refractivity contribution in [2.45, 2.75) is 0 Å². The zero-order chi connectivity index (χ0) is 20.2. The van der Waals surface area contributed by atoms with Crippen molar-refractivity contribution in [1.82, 2.24) is 0 Å². The molecule has 10 nitrogen and oxygen atoms in total. The summed E-state index contributed by atoms with van der Waals surface area (Å²) in [5.41, 5.74) is 0.167. The summed E-state index contributed by atoms with van der Waals surface area (Å²) in [6.45, 7) is 1.39. The molecule has 0 heterocycles. The lowest BCUT2D eigenvalue weighted by Crippen LogP contribution is -2.03. The Morgan fingerprint density at radius 1 is 0.615 bits per heavy atom. The summed E-state index contributed by atoms with van der Waals surface area (Å²) in [5, 5.41) is 49.3. The standard InChI is InChI=1S/C8H6O4.2C4H10O3/c9-7(10)5-1-2-6(4-3-5)8(11)12;2*5-1-3-7-4-2-6/h1-4H,(H,9,10)(H,11,12);2*5-6H,1-4H2. The van der Waals surface area contributed by atoms with Crippen LogP contribution in [0, 0.1) is 0 Å². The van der Waals surface area contributed by atoms with Gasteiger partial charge >= 0.3 is 11.9 Å². The Balaban J connectivity index is 0. The summed E-state index contributed by atoms with van der Waals surface area (Å²) in [6, 6.07) is 5.02. The van der Waals surface area contributed by atoms with Gasteiger partial charge in [-0.25, -0.2) is 9.59 Å². The predicted molar refractivity (Wildman–Crippen MR) is 90.3 cm³/mol. The highest BCUT2D eigenvalue weighted by Gasteiger charge is 2.04. The fourth-order valence-electron chi connectivity index (χ4n) is 1.22. The molecule has 0 unspecified atom stereocenters. The summed E-state index contributed by atoms with van der Waals surface area (Å²) in [7, 11) is 0. The molecule has 1 aromatic carbocycles. The molecule has 0 aliphatic heterocycles. The highest BCUT2D eigenvalue weighted by Crippen LogP contribution is 2.03. The molecule has 0 amide bonds. The second-order valence-electron chi connectivity index (χ2n) is 4.31. The van der Waals surface area contributed by atoms with Gasteiger partial charge < -0.3 is 40.1 Å². The monoisotopic (exact) mass is 378 g/mol. The molecule has 1 aromatic rings. The lowest BCUT2D eigenvalue weighted by molar-refractivity contribution is 0.0649. The number of hydrogen-bond acceptors (Lipinski definition) is 8. The van der Waals surface area contributed by atoms with E-state index in [2.05, 4.69) is 9.47 Å². The van der Waals surface area contributed by atoms with Gasteiger partial charge in [-0.2, -0.15) is 0 Å². The van der Waals surface area contributed by atoms with E-state index < -0.39 is 11.9 Å². The van der Waals surface area contributed by atoms with Gasteiger partial charge in [-0.1, -0.05) is 0 Å². The molecule has 0 aliphatic carbocycles. The van der Waals surface area contributed by atoms with Crippen LogP contribution in [0.2, 0.25) is 0 Å². The number of carboxylic acids is 2. The van der Waals surface area contributed by atoms with E-state index in [0.717, 1.165) is 0 Å². The molecular formula is C16H26O10. The number of hydrogen-bond donors (Lipinski definition) is 6. The maximum Gasteiger partial charge on any atom is 0.335 e. The molecule has 26 heavy (non-hydrogen) atoms. The van der Waals surface area contributed by atoms with Crippen LogP contribution in [0.1, 0.15) is 20.7 Å². The van der Waals surface area contributed by atoms with E-state index in [4.69, 9.17) is 30.6 Å². The van der Waals surface area contributed by atoms with Gasteiger partial charge in [-0.05, 0) is 24.3 Å². The second kappa shape index (κ2) is 19.2. The van der Waals surface area contributed by atoms with Crippen molar-refractivity contribution < 1.29 is 49.7 Å². The molecule has 0 bridgehead atoms. The minimum atomic E-state index is -1.06. The van der Waals surface area contributed by atoms with Crippen molar-refractivity contribution in [1.29, 1.82) is 0 Å². The zero-order valence-electron chi connectivity index (χ0n) is 14.3. The Bertz CT molecular complexity index is 410. The molecule has 150 valence electrons. The topological polar surface area (TPSA) is 174 Å². The summed E-state index contributed by atoms with van der Waals surface area (Å²) in [6.07, 6.45) is 0. The molecule has 0 radical (unpaired) electrons. The SMILES string of the molecule is O=C(O)c1ccc(C(=O)O)cc1.OCCOCCO.OCCOCCO. The summed E-state index contributed by atoms with van der Waals surface area (Å²) < 4.78 is 9.26. The minimum Gasteiger partial charge on any atom is -0.478 e. The van der Waals surface area contributed by atoms with Gasteiger partial charge in [0.05, 0.1) is 64.0 Å². The first-order chi connectivity index (χ1) is 12.4. The molecule has 0 aromatic heterocycles. The third kappa shape index (κ3) is 16.8. The number of carbonyl (C=O) groups is 2. The number of aliphatic hydroxyl groups excluding tert-OH is 4. The van der Waals surface area contributed by atoms with E-state index in [1.165, 1.54) is 24.3 Å². The second-order valence-corrected chi connectivity index (χ2v) is 4.31. The first kappa shape index (κ1) is 26.2. The van der Waals surface area contributed by atoms with E-state index >= 15 is 0 Å². The first-order valence-corrected chi connectivity index (χ1v) is 7.60. The Labute approximate surface area is 150 Å². The average molecular weight is 378 g/mol. The van der Waals surface area contributed by atoms with Gasteiger partial charge in [0.2, 0.25) is 0 Å². The van der Waals surface area contributed by atoms with Crippen LogP contribution in [-0.4, -0.2) is 95.4 Å². The van der Waals surface area contributed by atoms with Gasteiger partial charge in [0.1, 0.15) is 0 Å². The summed E-state index contributed by atoms with van der Waals surface area (Å²) in [5.74, 6) is -2.13. The van der Waals surface area contributed by atoms with Gasteiger partial charge in [0.15, 0.2) is 0 Å². The Kier molecular flexibility index (Phi) is 19.4. The van der Waals surface area contributed by atoms with Crippen molar-refractivity contribution in [2.24, 2.45) is 0 Å². The number of ether oxygens (including phenoxy) is 2. The molecule has 0 aliphatic rings. The van der Waals surface area contributed by atoms with E-state index in [1.807, 2.05) is 0 Å². The van der Waals surface area contributed by atoms with Gasteiger partial charge in [0.25, 0.3) is 0 Å². The number of aliphatic hydroxyl groups is 4. The third-order valence-corrected chi connectivity index (χ3v) is 2.32. The molecule has 0 saturated heterocycles. The van der Waals surface area contributed by atoms with E-state index in [0.29, 0.717) is 26.4 Å². The number of carboxylic acid groups (broad SMARTS) is 2. The van der Waals surface area contributed by atoms with Crippen LogP contribution in [0.5, 0.6) is 0 Å². The van der Waals surface area contributed by atoms with Crippen molar-refractivity contribution in [2.75, 3.05) is 52.9 Å². The van der Waals surface area contributed by atoms with Crippen LogP contribution in [0.25, 0.3) is 0 Å². The molecule has 10 heteroatoms. The van der Waals surface area contributed by atoms with E-state index in [-0.39, 0.29) is 37.6 Å². The van der Waals surface area contributed by atoms with Crippen molar-refractivity contribution in [3.05, 3.63) is 35.4 Å². The van der Waals surface area contributed by atoms with Crippen LogP contribution in [0.4, 0.5) is 0 Å². The van der Waals surface area contributed by atoms with Crippen molar-refractivity contribution in [3.8, 4) is 0 Å². The molecule has 0 saturated carbocycles. The van der Waals surface area contributed by atoms with Crippen LogP contribution in [0.3, 0.4) is 0 Å². The molecular weight excluding hydrogens is 352 g/mol. The maximum atomic E-state index is 10.3. The predicted octanol–water partition coefficient (Wildman–Crippen LogP) is -0.942. The van der Waals surface area contributed by atoms with Crippen molar-refractivity contribution >= 4 is 11.9 Å². The van der Waals surface area contributed by atoms with E-state index in [1.54, 1.807) is 0 Å². The highest BCUT2D eigenvalue weighted by molar-refractivity contribution is 5.91. The Hall–Kier alpha value is -2.08. The third-order valence-electron chi connectivity index (χ3n) is 2.32. The van der Waals surface area contributed by atoms with E-state index in [9.17, 15) is 9.59 Å². The fourth-order valence-corrected chi connectivity index (χ4v) is 1.22. The number of rotatable bonds is 10. The van der Waals surface area contributed by atoms with Crippen molar-refractivity contribution in [3.63, 3.8) is 0 Å². The molecule has 0 atom stereocenters. The quantitative estimate of drug-likeness (QED) is 0.279. The smallest absolute Gasteiger partial charge is 0.335 e. The molecule has 6 N–H and O–H groups in total. The maximum absolute atomic E-state index is 10.3. The summed E-state index contributed by atoms with van der Waals surface area (Å²) >= 11 is 0. The van der Waals surface area contributed by atoms with Gasteiger partial charge in [0, 0.05) is 0 Å². The van der Waals surface area contributed by atoms with Crippen LogP contribution >= 0.6 is 0 Å². The largest absolute Gasteiger partial charge is 0.478 e. The number of benzene rings is 1. The van der Waals surface area contributed by atoms with Gasteiger partial charge in [-0.15, -0.1) is 0 Å². The first-order valence-electron chi connectivity index (χ1n) is 7.60. The minimum absolute atomic E-state index is 0.0278. The lowest BCUT2D eigenvalue weighted by atomic mass is 10.1. The molecule has 0 spiro atoms. The zero-order valence-corrected chi connectivity index (χ0v) is 14.3. The average Bonchev–Trinajstić information content (AvgIpc) is 2.64. The Morgan fingerprint density at radius 2 is 0.846 bits per heavy atom. The lowest BCUT2D eigenvalue weighted by Gasteiger charge is -1.94. The molecule has 0 fully saturated rings. The normalized spacial score (nSPS) is 9.38. The molecule has 1 rings (SSSR count). The van der Waals surface area contributed by atoms with Gasteiger partial charge in [-0.3, -0.25) is 0 Å².